The summed E-state index contributed by atoms with van der Waals surface area (Å²) in [5, 5.41) is 12.9. The van der Waals surface area contributed by atoms with Crippen LogP contribution in [-0.4, -0.2) is 14.3 Å². The van der Waals surface area contributed by atoms with Gasteiger partial charge < -0.3 is 4.42 Å². The summed E-state index contributed by atoms with van der Waals surface area (Å²) in [6, 6.07) is 5.91. The highest BCUT2D eigenvalue weighted by atomic mass is 16.3. The molecule has 3 rings (SSSR count). The Balaban J connectivity index is 1.97. The van der Waals surface area contributed by atoms with Gasteiger partial charge in [-0.25, -0.2) is 9.48 Å². The van der Waals surface area contributed by atoms with Gasteiger partial charge in [-0.2, -0.15) is 5.26 Å². The lowest BCUT2D eigenvalue weighted by Crippen LogP contribution is -2.24. The lowest BCUT2D eigenvalue weighted by Gasteiger charge is -1.99. The average Bonchev–Trinajstić information content (AvgIpc) is 2.99. The zero-order chi connectivity index (χ0) is 13.2. The molecule has 0 unspecified atom stereocenters. The molecule has 1 saturated carbocycles. The summed E-state index contributed by atoms with van der Waals surface area (Å²) in [5.41, 5.74) is -0.105. The van der Waals surface area contributed by atoms with E-state index >= 15 is 0 Å². The first-order chi connectivity index (χ1) is 9.31. The Labute approximate surface area is 109 Å². The van der Waals surface area contributed by atoms with Crippen LogP contribution in [-0.2, 0) is 6.54 Å². The number of aromatic nitrogens is 3. The molecule has 0 bridgehead atoms. The highest BCUT2D eigenvalue weighted by molar-refractivity contribution is 5.46. The predicted octanol–water partition coefficient (Wildman–Crippen LogP) is 1.94. The second-order valence-electron chi connectivity index (χ2n) is 4.67. The smallest absolute Gasteiger partial charge is 0.346 e. The standard InChI is InChI=1S/C13H14N4O2/c14-7-1-2-8-16-13(18)17(10-5-6-10)12(15-16)11-4-3-9-19-11/h3-4,9-10H,1-2,5-6,8H2. The Bertz CT molecular complexity index is 656. The minimum atomic E-state index is -0.105. The maximum Gasteiger partial charge on any atom is 0.346 e. The molecule has 1 aliphatic carbocycles. The minimum absolute atomic E-state index is 0.105. The molecular formula is C13H14N4O2. The summed E-state index contributed by atoms with van der Waals surface area (Å²) in [7, 11) is 0. The van der Waals surface area contributed by atoms with Crippen molar-refractivity contribution in [3.8, 4) is 17.7 Å². The molecule has 0 aliphatic heterocycles. The minimum Gasteiger partial charge on any atom is -0.461 e. The molecule has 0 N–H and O–H groups in total. The van der Waals surface area contributed by atoms with E-state index in [0.29, 0.717) is 31.0 Å². The van der Waals surface area contributed by atoms with Crippen molar-refractivity contribution >= 4 is 0 Å². The van der Waals surface area contributed by atoms with Crippen LogP contribution in [0, 0.1) is 11.3 Å². The molecule has 0 spiro atoms. The zero-order valence-electron chi connectivity index (χ0n) is 10.5. The SMILES string of the molecule is N#CCCCn1nc(-c2ccco2)n(C2CC2)c1=O. The number of hydrogen-bond acceptors (Lipinski definition) is 4. The van der Waals surface area contributed by atoms with E-state index in [4.69, 9.17) is 9.68 Å². The molecule has 6 nitrogen and oxygen atoms in total. The quantitative estimate of drug-likeness (QED) is 0.768. The zero-order valence-corrected chi connectivity index (χ0v) is 10.5. The summed E-state index contributed by atoms with van der Waals surface area (Å²) in [4.78, 5) is 12.3. The molecule has 0 radical (unpaired) electrons. The predicted molar refractivity (Wildman–Crippen MR) is 67.3 cm³/mol. The van der Waals surface area contributed by atoms with Gasteiger partial charge in [-0.15, -0.1) is 5.10 Å². The lowest BCUT2D eigenvalue weighted by molar-refractivity contribution is 0.552. The second-order valence-corrected chi connectivity index (χ2v) is 4.67. The molecule has 1 aliphatic rings. The molecule has 98 valence electrons. The van der Waals surface area contributed by atoms with Crippen LogP contribution >= 0.6 is 0 Å². The summed E-state index contributed by atoms with van der Waals surface area (Å²) < 4.78 is 8.50. The summed E-state index contributed by atoms with van der Waals surface area (Å²) in [6.45, 7) is 0.472. The van der Waals surface area contributed by atoms with Crippen LogP contribution in [0.3, 0.4) is 0 Å². The largest absolute Gasteiger partial charge is 0.461 e. The Morgan fingerprint density at radius 1 is 1.53 bits per heavy atom. The maximum absolute atomic E-state index is 12.3. The van der Waals surface area contributed by atoms with E-state index in [2.05, 4.69) is 11.2 Å². The molecule has 2 aromatic rings. The normalized spacial score (nSPS) is 14.5. The first-order valence-electron chi connectivity index (χ1n) is 6.41. The van der Waals surface area contributed by atoms with Gasteiger partial charge in [-0.3, -0.25) is 4.57 Å². The summed E-state index contributed by atoms with van der Waals surface area (Å²) in [6.07, 6.45) is 4.66. The van der Waals surface area contributed by atoms with E-state index in [0.717, 1.165) is 12.8 Å². The third kappa shape index (κ3) is 2.19. The topological polar surface area (TPSA) is 76.8 Å². The highest BCUT2D eigenvalue weighted by Gasteiger charge is 2.31. The molecule has 0 atom stereocenters. The van der Waals surface area contributed by atoms with Crippen LogP contribution in [0.1, 0.15) is 31.7 Å². The van der Waals surface area contributed by atoms with Gasteiger partial charge in [0.1, 0.15) is 0 Å². The monoisotopic (exact) mass is 258 g/mol. The van der Waals surface area contributed by atoms with Gasteiger partial charge in [0.2, 0.25) is 5.82 Å². The average molecular weight is 258 g/mol. The van der Waals surface area contributed by atoms with Crippen LogP contribution in [0.5, 0.6) is 0 Å². The van der Waals surface area contributed by atoms with Crippen molar-refractivity contribution in [2.75, 3.05) is 0 Å². The van der Waals surface area contributed by atoms with Crippen LogP contribution in [0.15, 0.2) is 27.6 Å². The third-order valence-corrected chi connectivity index (χ3v) is 3.18. The van der Waals surface area contributed by atoms with E-state index in [1.165, 1.54) is 4.68 Å². The van der Waals surface area contributed by atoms with Crippen molar-refractivity contribution in [1.29, 1.82) is 5.26 Å². The first kappa shape index (κ1) is 11.8. The van der Waals surface area contributed by atoms with Crippen molar-refractivity contribution < 1.29 is 4.42 Å². The molecule has 0 saturated heterocycles. The Morgan fingerprint density at radius 2 is 2.37 bits per heavy atom. The Kier molecular flexibility index (Phi) is 2.95. The van der Waals surface area contributed by atoms with E-state index in [1.807, 2.05) is 0 Å². The van der Waals surface area contributed by atoms with Crippen LogP contribution in [0.4, 0.5) is 0 Å². The maximum atomic E-state index is 12.3. The van der Waals surface area contributed by atoms with Gasteiger partial charge in [0.05, 0.1) is 12.3 Å². The molecule has 2 aromatic heterocycles. The fourth-order valence-electron chi connectivity index (χ4n) is 2.11. The third-order valence-electron chi connectivity index (χ3n) is 3.18. The van der Waals surface area contributed by atoms with E-state index in [9.17, 15) is 4.79 Å². The fraction of sp³-hybridized carbons (Fsp3) is 0.462. The number of hydrogen-bond donors (Lipinski definition) is 0. The van der Waals surface area contributed by atoms with E-state index in [1.54, 1.807) is 23.0 Å². The number of aryl methyl sites for hydroxylation is 1. The Hall–Kier alpha value is -2.29. The second kappa shape index (κ2) is 4.76. The number of unbranched alkanes of at least 4 members (excludes halogenated alkanes) is 1. The van der Waals surface area contributed by atoms with Crippen molar-refractivity contribution in [2.45, 2.75) is 38.3 Å². The van der Waals surface area contributed by atoms with Gasteiger partial charge in [-0.1, -0.05) is 0 Å². The molecular weight excluding hydrogens is 244 g/mol. The number of furan rings is 1. The van der Waals surface area contributed by atoms with Crippen molar-refractivity contribution in [3.05, 3.63) is 28.9 Å². The summed E-state index contributed by atoms with van der Waals surface area (Å²) >= 11 is 0. The molecule has 6 heteroatoms. The van der Waals surface area contributed by atoms with Crippen LogP contribution in [0.25, 0.3) is 11.6 Å². The van der Waals surface area contributed by atoms with Gasteiger partial charge in [0, 0.05) is 19.0 Å². The molecule has 19 heavy (non-hydrogen) atoms. The number of rotatable bonds is 5. The van der Waals surface area contributed by atoms with Crippen LogP contribution in [0.2, 0.25) is 0 Å². The molecule has 0 aromatic carbocycles. The lowest BCUT2D eigenvalue weighted by atomic mass is 10.3. The van der Waals surface area contributed by atoms with E-state index in [-0.39, 0.29) is 11.7 Å². The molecule has 1 fully saturated rings. The van der Waals surface area contributed by atoms with Crippen LogP contribution < -0.4 is 5.69 Å². The number of nitriles is 1. The van der Waals surface area contributed by atoms with Crippen molar-refractivity contribution in [3.63, 3.8) is 0 Å². The summed E-state index contributed by atoms with van der Waals surface area (Å²) in [5.74, 6) is 1.21. The number of nitrogens with zero attached hydrogens (tertiary/aromatic N) is 4. The molecule has 0 amide bonds. The molecule has 2 heterocycles. The first-order valence-corrected chi connectivity index (χ1v) is 6.41. The van der Waals surface area contributed by atoms with Gasteiger partial charge in [0.25, 0.3) is 0 Å². The van der Waals surface area contributed by atoms with Gasteiger partial charge in [-0.05, 0) is 31.4 Å². The van der Waals surface area contributed by atoms with Crippen molar-refractivity contribution in [2.24, 2.45) is 0 Å². The van der Waals surface area contributed by atoms with Crippen molar-refractivity contribution in [1.82, 2.24) is 14.3 Å². The van der Waals surface area contributed by atoms with Gasteiger partial charge in [0.15, 0.2) is 5.76 Å². The van der Waals surface area contributed by atoms with Gasteiger partial charge >= 0.3 is 5.69 Å². The highest BCUT2D eigenvalue weighted by Crippen LogP contribution is 2.36. The fourth-order valence-corrected chi connectivity index (χ4v) is 2.11. The van der Waals surface area contributed by atoms with E-state index < -0.39 is 0 Å². The Morgan fingerprint density at radius 3 is 3.00 bits per heavy atom.